The summed E-state index contributed by atoms with van der Waals surface area (Å²) in [5, 5.41) is 0. The van der Waals surface area contributed by atoms with Crippen molar-refractivity contribution in [2.45, 2.75) is 13.0 Å². The highest BCUT2D eigenvalue weighted by molar-refractivity contribution is 7.85. The molecule has 114 valence electrons. The van der Waals surface area contributed by atoms with E-state index in [0.29, 0.717) is 6.61 Å². The molecule has 1 aromatic rings. The highest BCUT2D eigenvalue weighted by atomic mass is 32.2. The van der Waals surface area contributed by atoms with Gasteiger partial charge in [0.25, 0.3) is 10.1 Å². The molecule has 1 aromatic carbocycles. The second kappa shape index (κ2) is 5.40. The van der Waals surface area contributed by atoms with E-state index in [1.807, 2.05) is 25.1 Å². The average molecular weight is 311 g/mol. The first-order chi connectivity index (χ1) is 9.94. The molecule has 3 rings (SSSR count). The van der Waals surface area contributed by atoms with Crippen LogP contribution in [0.3, 0.4) is 0 Å². The van der Waals surface area contributed by atoms with Crippen LogP contribution in [-0.4, -0.2) is 46.4 Å². The van der Waals surface area contributed by atoms with E-state index in [4.69, 9.17) is 13.7 Å². The highest BCUT2D eigenvalue weighted by Crippen LogP contribution is 2.33. The third-order valence-electron chi connectivity index (χ3n) is 3.60. The molecular weight excluding hydrogens is 294 g/mol. The zero-order valence-electron chi connectivity index (χ0n) is 11.9. The second-order valence-corrected chi connectivity index (χ2v) is 6.93. The summed E-state index contributed by atoms with van der Waals surface area (Å²) in [5.74, 6) is 0.690. The van der Waals surface area contributed by atoms with Crippen molar-refractivity contribution < 1.29 is 22.1 Å². The first-order valence-corrected chi connectivity index (χ1v) is 8.50. The van der Waals surface area contributed by atoms with Crippen LogP contribution in [0.1, 0.15) is 11.1 Å². The summed E-state index contributed by atoms with van der Waals surface area (Å²) < 4.78 is 38.4. The zero-order chi connectivity index (χ0) is 15.0. The average Bonchev–Trinajstić information content (AvgIpc) is 2.44. The Kier molecular flexibility index (Phi) is 3.73. The molecule has 2 unspecified atom stereocenters. The number of aryl methyl sites for hydroxylation is 1. The van der Waals surface area contributed by atoms with E-state index in [1.165, 1.54) is 0 Å². The van der Waals surface area contributed by atoms with E-state index in [2.05, 4.69) is 4.99 Å². The number of aliphatic imine (C=N–C) groups is 1. The Labute approximate surface area is 123 Å². The van der Waals surface area contributed by atoms with Gasteiger partial charge in [-0.1, -0.05) is 11.6 Å². The quantitative estimate of drug-likeness (QED) is 0.782. The highest BCUT2D eigenvalue weighted by Gasteiger charge is 2.37. The van der Waals surface area contributed by atoms with Gasteiger partial charge in [-0.25, -0.2) is 0 Å². The van der Waals surface area contributed by atoms with E-state index in [-0.39, 0.29) is 25.4 Å². The number of ether oxygens (including phenoxy) is 2. The fraction of sp³-hybridized carbons (Fsp3) is 0.500. The van der Waals surface area contributed by atoms with Crippen molar-refractivity contribution >= 4 is 15.8 Å². The van der Waals surface area contributed by atoms with Crippen LogP contribution in [-0.2, 0) is 19.0 Å². The zero-order valence-corrected chi connectivity index (χ0v) is 12.7. The third kappa shape index (κ3) is 3.09. The van der Waals surface area contributed by atoms with Crippen molar-refractivity contribution in [2.24, 2.45) is 10.9 Å². The standard InChI is InChI=1S/C14H17NO5S/c1-9-3-4-12-10(5-9)14-11(6-18-12)13(19-8-15-14)7-20-21(2,16)17/h3-5,11,13H,6-8H2,1-2H3. The Hall–Kier alpha value is -1.44. The van der Waals surface area contributed by atoms with Gasteiger partial charge in [-0.05, 0) is 19.1 Å². The van der Waals surface area contributed by atoms with E-state index in [9.17, 15) is 8.42 Å². The number of rotatable bonds is 3. The summed E-state index contributed by atoms with van der Waals surface area (Å²) in [7, 11) is -3.49. The van der Waals surface area contributed by atoms with Crippen LogP contribution >= 0.6 is 0 Å². The Morgan fingerprint density at radius 2 is 2.24 bits per heavy atom. The molecule has 7 heteroatoms. The number of hydrogen-bond acceptors (Lipinski definition) is 6. The molecule has 0 amide bonds. The topological polar surface area (TPSA) is 74.2 Å². The largest absolute Gasteiger partial charge is 0.492 e. The SMILES string of the molecule is Cc1ccc2c(c1)C1=NCOC(COS(C)(=O)=O)C1CO2. The van der Waals surface area contributed by atoms with Crippen molar-refractivity contribution in [3.8, 4) is 5.75 Å². The molecule has 21 heavy (non-hydrogen) atoms. The predicted molar refractivity (Wildman–Crippen MR) is 77.2 cm³/mol. The molecule has 0 aliphatic carbocycles. The van der Waals surface area contributed by atoms with Crippen molar-refractivity contribution in [2.75, 3.05) is 26.2 Å². The molecule has 0 bridgehead atoms. The molecule has 0 fully saturated rings. The van der Waals surface area contributed by atoms with Gasteiger partial charge in [0, 0.05) is 5.56 Å². The fourth-order valence-corrected chi connectivity index (χ4v) is 2.97. The minimum absolute atomic E-state index is 0.0208. The smallest absolute Gasteiger partial charge is 0.264 e. The molecule has 0 aromatic heterocycles. The first kappa shape index (κ1) is 14.5. The van der Waals surface area contributed by atoms with E-state index < -0.39 is 10.1 Å². The molecule has 0 radical (unpaired) electrons. The minimum Gasteiger partial charge on any atom is -0.492 e. The monoisotopic (exact) mass is 311 g/mol. The van der Waals surface area contributed by atoms with Gasteiger partial charge in [0.2, 0.25) is 0 Å². The maximum atomic E-state index is 11.1. The molecule has 2 aliphatic heterocycles. The summed E-state index contributed by atoms with van der Waals surface area (Å²) in [5.41, 5.74) is 2.99. The van der Waals surface area contributed by atoms with Crippen molar-refractivity contribution in [3.63, 3.8) is 0 Å². The van der Waals surface area contributed by atoms with Crippen molar-refractivity contribution in [1.82, 2.24) is 0 Å². The van der Waals surface area contributed by atoms with Crippen LogP contribution in [0, 0.1) is 12.8 Å². The Bertz CT molecular complexity index is 683. The van der Waals surface area contributed by atoms with Crippen LogP contribution in [0.2, 0.25) is 0 Å². The number of benzene rings is 1. The second-order valence-electron chi connectivity index (χ2n) is 5.28. The predicted octanol–water partition coefficient (Wildman–Crippen LogP) is 1.13. The maximum Gasteiger partial charge on any atom is 0.264 e. The van der Waals surface area contributed by atoms with Gasteiger partial charge < -0.3 is 9.47 Å². The minimum atomic E-state index is -3.49. The normalized spacial score (nSPS) is 24.6. The van der Waals surface area contributed by atoms with E-state index in [0.717, 1.165) is 28.8 Å². The maximum absolute atomic E-state index is 11.1. The van der Waals surface area contributed by atoms with Gasteiger partial charge in [-0.3, -0.25) is 9.18 Å². The molecular formula is C14H17NO5S. The van der Waals surface area contributed by atoms with Crippen molar-refractivity contribution in [1.29, 1.82) is 0 Å². The number of hydrogen-bond donors (Lipinski definition) is 0. The Morgan fingerprint density at radius 1 is 1.43 bits per heavy atom. The van der Waals surface area contributed by atoms with Gasteiger partial charge in [0.05, 0.1) is 37.2 Å². The lowest BCUT2D eigenvalue weighted by atomic mass is 9.88. The van der Waals surface area contributed by atoms with Crippen LogP contribution < -0.4 is 4.74 Å². The Balaban J connectivity index is 1.86. The molecule has 0 N–H and O–H groups in total. The number of nitrogens with zero attached hydrogens (tertiary/aromatic N) is 1. The molecule has 2 aliphatic rings. The lowest BCUT2D eigenvalue weighted by Gasteiger charge is -2.35. The molecule has 6 nitrogen and oxygen atoms in total. The molecule has 2 atom stereocenters. The first-order valence-electron chi connectivity index (χ1n) is 6.68. The molecule has 0 saturated heterocycles. The van der Waals surface area contributed by atoms with Gasteiger partial charge in [0.1, 0.15) is 12.5 Å². The lowest BCUT2D eigenvalue weighted by Crippen LogP contribution is -2.44. The summed E-state index contributed by atoms with van der Waals surface area (Å²) in [6.07, 6.45) is 0.654. The van der Waals surface area contributed by atoms with Gasteiger partial charge in [-0.2, -0.15) is 8.42 Å². The summed E-state index contributed by atoms with van der Waals surface area (Å²) in [6.45, 7) is 2.60. The van der Waals surface area contributed by atoms with Crippen LogP contribution in [0.5, 0.6) is 5.75 Å². The summed E-state index contributed by atoms with van der Waals surface area (Å²) in [6, 6.07) is 5.95. The van der Waals surface area contributed by atoms with E-state index >= 15 is 0 Å². The molecule has 0 spiro atoms. The third-order valence-corrected chi connectivity index (χ3v) is 4.16. The molecule has 0 saturated carbocycles. The van der Waals surface area contributed by atoms with Crippen LogP contribution in [0.15, 0.2) is 23.2 Å². The molecule has 2 heterocycles. The summed E-state index contributed by atoms with van der Waals surface area (Å²) >= 11 is 0. The lowest BCUT2D eigenvalue weighted by molar-refractivity contribution is -0.0164. The van der Waals surface area contributed by atoms with E-state index in [1.54, 1.807) is 0 Å². The van der Waals surface area contributed by atoms with Crippen LogP contribution in [0.25, 0.3) is 0 Å². The van der Waals surface area contributed by atoms with Gasteiger partial charge in [0.15, 0.2) is 0 Å². The van der Waals surface area contributed by atoms with Gasteiger partial charge >= 0.3 is 0 Å². The Morgan fingerprint density at radius 3 is 3.00 bits per heavy atom. The summed E-state index contributed by atoms with van der Waals surface area (Å²) in [4.78, 5) is 4.44. The van der Waals surface area contributed by atoms with Crippen molar-refractivity contribution in [3.05, 3.63) is 29.3 Å². The van der Waals surface area contributed by atoms with Gasteiger partial charge in [-0.15, -0.1) is 0 Å². The van der Waals surface area contributed by atoms with Crippen LogP contribution in [0.4, 0.5) is 0 Å². The fourth-order valence-electron chi connectivity index (χ4n) is 2.59. The number of fused-ring (bicyclic) bond motifs is 3.